The second-order valence-electron chi connectivity index (χ2n) is 11.6. The summed E-state index contributed by atoms with van der Waals surface area (Å²) in [4.78, 5) is 28.2. The number of aryl methyl sites for hydroxylation is 1. The molecule has 1 aromatic rings. The van der Waals surface area contributed by atoms with E-state index in [2.05, 4.69) is 57.2 Å². The molecule has 1 heterocycles. The number of rotatable bonds is 6. The monoisotopic (exact) mass is 528 g/mol. The van der Waals surface area contributed by atoms with Crippen LogP contribution in [0.4, 0.5) is 0 Å². The Kier molecular flexibility index (Phi) is 16.3. The van der Waals surface area contributed by atoms with E-state index < -0.39 is 5.97 Å². The Morgan fingerprint density at radius 3 is 1.79 bits per heavy atom. The van der Waals surface area contributed by atoms with Crippen molar-refractivity contribution in [3.8, 4) is 0 Å². The van der Waals surface area contributed by atoms with E-state index in [0.29, 0.717) is 16.6 Å². The highest BCUT2D eigenvalue weighted by Gasteiger charge is 2.28. The van der Waals surface area contributed by atoms with Crippen molar-refractivity contribution < 1.29 is 14.7 Å². The van der Waals surface area contributed by atoms with Gasteiger partial charge in [-0.2, -0.15) is 0 Å². The molecule has 38 heavy (non-hydrogen) atoms. The molecule has 0 aromatic carbocycles. The fraction of sp³-hybridized carbons (Fsp3) is 0.645. The first-order valence-corrected chi connectivity index (χ1v) is 13.7. The van der Waals surface area contributed by atoms with Crippen LogP contribution in [0.15, 0.2) is 40.9 Å². The minimum Gasteiger partial charge on any atom is -0.481 e. The van der Waals surface area contributed by atoms with E-state index in [9.17, 15) is 4.79 Å². The summed E-state index contributed by atoms with van der Waals surface area (Å²) in [5.41, 5.74) is 12.6. The number of hydrogen-bond acceptors (Lipinski definition) is 5. The highest BCUT2D eigenvalue weighted by atomic mass is 16.4. The number of carboxylic acids is 1. The van der Waals surface area contributed by atoms with Crippen molar-refractivity contribution in [3.63, 3.8) is 0 Å². The van der Waals surface area contributed by atoms with Gasteiger partial charge in [-0.05, 0) is 95.5 Å². The minimum atomic E-state index is -0.833. The topological polar surface area (TPSA) is 130 Å². The molecule has 0 unspecified atom stereocenters. The summed E-state index contributed by atoms with van der Waals surface area (Å²) in [6.45, 7) is 16.7. The molecule has 214 valence electrons. The van der Waals surface area contributed by atoms with Crippen LogP contribution in [0.2, 0.25) is 0 Å². The number of aromatic nitrogens is 2. The number of Topliss-reactive ketones (excluding diaryl/α,β-unsaturated/α-hetero) is 1. The van der Waals surface area contributed by atoms with Crippen LogP contribution in [0, 0.1) is 16.2 Å². The van der Waals surface area contributed by atoms with Gasteiger partial charge in [-0.15, -0.1) is 0 Å². The summed E-state index contributed by atoms with van der Waals surface area (Å²) in [5, 5.41) is 13.3. The molecule has 1 aromatic heterocycles. The number of aliphatic carboxylic acids is 1. The van der Waals surface area contributed by atoms with Crippen LogP contribution in [-0.2, 0) is 16.0 Å². The van der Waals surface area contributed by atoms with Crippen molar-refractivity contribution in [3.05, 3.63) is 46.6 Å². The molecule has 0 atom stereocenters. The molecule has 4 N–H and O–H groups in total. The van der Waals surface area contributed by atoms with Gasteiger partial charge in [0.15, 0.2) is 0 Å². The van der Waals surface area contributed by atoms with Crippen LogP contribution in [-0.4, -0.2) is 33.2 Å². The second-order valence-corrected chi connectivity index (χ2v) is 11.6. The number of nitrogens with two attached hydrogens (primary N) is 1. The van der Waals surface area contributed by atoms with Crippen molar-refractivity contribution in [2.45, 2.75) is 120 Å². The third-order valence-corrected chi connectivity index (χ3v) is 7.37. The highest BCUT2D eigenvalue weighted by Crippen LogP contribution is 2.43. The summed E-state index contributed by atoms with van der Waals surface area (Å²) in [7, 11) is 0. The van der Waals surface area contributed by atoms with E-state index in [-0.39, 0.29) is 0 Å². The van der Waals surface area contributed by atoms with Gasteiger partial charge in [0.2, 0.25) is 0 Å². The third-order valence-electron chi connectivity index (χ3n) is 7.37. The first-order chi connectivity index (χ1) is 17.7. The molecule has 0 bridgehead atoms. The van der Waals surface area contributed by atoms with E-state index >= 15 is 0 Å². The molecule has 3 rings (SSSR count). The van der Waals surface area contributed by atoms with Gasteiger partial charge in [0.1, 0.15) is 12.1 Å². The van der Waals surface area contributed by atoms with Crippen LogP contribution >= 0.6 is 0 Å². The second kappa shape index (κ2) is 17.6. The Morgan fingerprint density at radius 1 is 0.974 bits per heavy atom. The van der Waals surface area contributed by atoms with Gasteiger partial charge in [-0.25, -0.2) is 9.97 Å². The Labute approximate surface area is 230 Å². The highest BCUT2D eigenvalue weighted by molar-refractivity contribution is 5.75. The number of hydrogen-bond donors (Lipinski definition) is 3. The van der Waals surface area contributed by atoms with Gasteiger partial charge < -0.3 is 15.6 Å². The molecule has 2 aliphatic carbocycles. The predicted molar refractivity (Wildman–Crippen MR) is 157 cm³/mol. The Hall–Kier alpha value is -2.83. The number of carboxylic acid groups (broad SMARTS) is 1. The van der Waals surface area contributed by atoms with Gasteiger partial charge in [0, 0.05) is 25.2 Å². The molecule has 0 saturated heterocycles. The average molecular weight is 529 g/mol. The molecule has 0 radical (unpaired) electrons. The number of allylic oxidation sites excluding steroid dienone is 4. The Morgan fingerprint density at radius 2 is 1.42 bits per heavy atom. The molecule has 0 amide bonds. The third kappa shape index (κ3) is 14.2. The smallest absolute Gasteiger partial charge is 0.300 e. The van der Waals surface area contributed by atoms with Crippen LogP contribution in [0.3, 0.4) is 0 Å². The maximum absolute atomic E-state index is 11.0. The van der Waals surface area contributed by atoms with E-state index in [0.717, 1.165) is 44.6 Å². The molecular weight excluding hydrogens is 476 g/mol. The van der Waals surface area contributed by atoms with Gasteiger partial charge in [0.05, 0.1) is 6.34 Å². The average Bonchev–Trinajstić information content (AvgIpc) is 2.79. The summed E-state index contributed by atoms with van der Waals surface area (Å²) in [5.74, 6) is -0.522. The molecule has 7 heteroatoms. The summed E-state index contributed by atoms with van der Waals surface area (Å²) in [6.07, 6.45) is 15.9. The maximum Gasteiger partial charge on any atom is 0.300 e. The van der Waals surface area contributed by atoms with E-state index in [1.807, 2.05) is 12.3 Å². The zero-order valence-electron chi connectivity index (χ0n) is 25.1. The molecule has 2 aliphatic rings. The number of carbonyl (C=O) groups is 2. The van der Waals surface area contributed by atoms with Crippen molar-refractivity contribution in [1.29, 1.82) is 5.41 Å². The lowest BCUT2D eigenvalue weighted by molar-refractivity contribution is -0.134. The summed E-state index contributed by atoms with van der Waals surface area (Å²) < 4.78 is 0. The van der Waals surface area contributed by atoms with E-state index in [1.165, 1.54) is 44.1 Å². The van der Waals surface area contributed by atoms with Gasteiger partial charge in [-0.1, -0.05) is 50.0 Å². The number of ketones is 1. The van der Waals surface area contributed by atoms with Crippen molar-refractivity contribution in [1.82, 2.24) is 9.97 Å². The summed E-state index contributed by atoms with van der Waals surface area (Å²) >= 11 is 0. The lowest BCUT2D eigenvalue weighted by Crippen LogP contribution is -2.21. The lowest BCUT2D eigenvalue weighted by Gasteiger charge is -2.34. The fourth-order valence-corrected chi connectivity index (χ4v) is 5.47. The number of nitrogens with zero attached hydrogens (tertiary/aromatic N) is 2. The normalized spacial score (nSPS) is 17.5. The molecular formula is C31H52N4O3. The number of carbonyl (C=O) groups excluding carboxylic acids is 1. The standard InChI is InChI=1S/C15H22N2.C13H22O.C2H4O2.CH4N2/c1-12-5-4-9-15(2,3)14(12)7-6-13-8-10-16-11-17-13;1-10-6-5-9-13(3,4)12(10)8-7-11(2)14;1-2(3)4;2-1-3/h8,10-11H,4-7,9H2,1-3H3;5-9H2,1-4H3;1H3,(H,3,4);1H,(H3,2,3). The minimum absolute atomic E-state index is 0.312. The molecule has 0 spiro atoms. The van der Waals surface area contributed by atoms with Crippen LogP contribution < -0.4 is 5.73 Å². The van der Waals surface area contributed by atoms with Gasteiger partial charge in [0.25, 0.3) is 5.97 Å². The Bertz CT molecular complexity index is 943. The molecule has 0 fully saturated rings. The summed E-state index contributed by atoms with van der Waals surface area (Å²) in [6, 6.07) is 2.02. The first-order valence-electron chi connectivity index (χ1n) is 13.7. The quantitative estimate of drug-likeness (QED) is 0.199. The molecule has 0 aliphatic heterocycles. The predicted octanol–water partition coefficient (Wildman–Crippen LogP) is 7.46. The zero-order valence-corrected chi connectivity index (χ0v) is 25.1. The van der Waals surface area contributed by atoms with Crippen molar-refractivity contribution >= 4 is 18.1 Å². The van der Waals surface area contributed by atoms with Gasteiger partial charge in [-0.3, -0.25) is 10.2 Å². The van der Waals surface area contributed by atoms with Gasteiger partial charge >= 0.3 is 0 Å². The largest absolute Gasteiger partial charge is 0.481 e. The number of nitrogens with one attached hydrogen (secondary N) is 1. The van der Waals surface area contributed by atoms with E-state index in [1.54, 1.807) is 30.0 Å². The van der Waals surface area contributed by atoms with Crippen molar-refractivity contribution in [2.75, 3.05) is 0 Å². The SMILES string of the molecule is CC(=O)CCC1=C(C)CCCC1(C)C.CC(=O)O.CC1=C(CCc2ccncn2)C(C)(C)CCC1.N=CN. The molecule has 0 saturated carbocycles. The maximum atomic E-state index is 11.0. The Balaban J connectivity index is 0.000000587. The zero-order chi connectivity index (χ0) is 29.4. The van der Waals surface area contributed by atoms with Crippen LogP contribution in [0.25, 0.3) is 0 Å². The van der Waals surface area contributed by atoms with Crippen molar-refractivity contribution in [2.24, 2.45) is 16.6 Å². The lowest BCUT2D eigenvalue weighted by atomic mass is 9.71. The molecule has 7 nitrogen and oxygen atoms in total. The van der Waals surface area contributed by atoms with E-state index in [4.69, 9.17) is 15.3 Å². The fourth-order valence-electron chi connectivity index (χ4n) is 5.47. The van der Waals surface area contributed by atoms with Crippen LogP contribution in [0.1, 0.15) is 119 Å². The first kappa shape index (κ1) is 35.2. The van der Waals surface area contributed by atoms with Crippen LogP contribution in [0.5, 0.6) is 0 Å².